The summed E-state index contributed by atoms with van der Waals surface area (Å²) in [7, 11) is 0. The highest BCUT2D eigenvalue weighted by atomic mass is 19.4. The second-order valence-electron chi connectivity index (χ2n) is 5.81. The minimum Gasteiger partial charge on any atom is -0.481 e. The van der Waals surface area contributed by atoms with Gasteiger partial charge in [-0.1, -0.05) is 0 Å². The van der Waals surface area contributed by atoms with E-state index in [0.717, 1.165) is 31.0 Å². The predicted molar refractivity (Wildman–Crippen MR) is 70.2 cm³/mol. The normalized spacial score (nSPS) is 21.1. The zero-order valence-corrected chi connectivity index (χ0v) is 11.6. The molecule has 22 heavy (non-hydrogen) atoms. The standard InChI is InChI=1S/C15H14F3NO3/c16-15(17,18)9-3-4-10-11(5-9)12(6-13(20)21)19(14(10)22)7-8-1-2-8/h3-5,8,12H,1-2,6-7H2,(H,20,21). The van der Waals surface area contributed by atoms with Crippen LogP contribution >= 0.6 is 0 Å². The minimum atomic E-state index is -4.52. The fourth-order valence-electron chi connectivity index (χ4n) is 2.85. The number of fused-ring (bicyclic) bond motifs is 1. The average molecular weight is 313 g/mol. The maximum absolute atomic E-state index is 12.8. The molecule has 1 fully saturated rings. The summed E-state index contributed by atoms with van der Waals surface area (Å²) in [6.45, 7) is 0.410. The number of hydrogen-bond donors (Lipinski definition) is 1. The lowest BCUT2D eigenvalue weighted by molar-refractivity contribution is -0.138. The van der Waals surface area contributed by atoms with Crippen molar-refractivity contribution >= 4 is 11.9 Å². The summed E-state index contributed by atoms with van der Waals surface area (Å²) < 4.78 is 38.5. The number of nitrogens with zero attached hydrogens (tertiary/aromatic N) is 1. The van der Waals surface area contributed by atoms with Crippen LogP contribution in [0.4, 0.5) is 13.2 Å². The topological polar surface area (TPSA) is 57.6 Å². The van der Waals surface area contributed by atoms with Crippen molar-refractivity contribution in [1.29, 1.82) is 0 Å². The van der Waals surface area contributed by atoms with Crippen LogP contribution in [0.5, 0.6) is 0 Å². The number of benzene rings is 1. The first-order valence-corrected chi connectivity index (χ1v) is 7.01. The molecule has 1 aromatic carbocycles. The third-order valence-electron chi connectivity index (χ3n) is 4.13. The number of rotatable bonds is 4. The van der Waals surface area contributed by atoms with Gasteiger partial charge in [0.2, 0.25) is 0 Å². The van der Waals surface area contributed by atoms with Crippen molar-refractivity contribution < 1.29 is 27.9 Å². The van der Waals surface area contributed by atoms with E-state index in [-0.39, 0.29) is 23.5 Å². The van der Waals surface area contributed by atoms with Crippen molar-refractivity contribution in [2.24, 2.45) is 5.92 Å². The van der Waals surface area contributed by atoms with E-state index in [4.69, 9.17) is 5.11 Å². The molecule has 1 heterocycles. The van der Waals surface area contributed by atoms with Crippen LogP contribution in [0.2, 0.25) is 0 Å². The van der Waals surface area contributed by atoms with Gasteiger partial charge in [0.1, 0.15) is 0 Å². The molecule has 1 aliphatic carbocycles. The summed E-state index contributed by atoms with van der Waals surface area (Å²) in [6.07, 6.45) is -2.97. The second kappa shape index (κ2) is 5.00. The molecular weight excluding hydrogens is 299 g/mol. The Labute approximate surface area is 124 Å². The highest BCUT2D eigenvalue weighted by Crippen LogP contribution is 2.42. The van der Waals surface area contributed by atoms with E-state index in [1.54, 1.807) is 0 Å². The van der Waals surface area contributed by atoms with E-state index in [0.29, 0.717) is 12.5 Å². The molecule has 7 heteroatoms. The first-order chi connectivity index (χ1) is 10.3. The molecule has 0 bridgehead atoms. The van der Waals surface area contributed by atoms with Gasteiger partial charge in [-0.15, -0.1) is 0 Å². The van der Waals surface area contributed by atoms with E-state index in [2.05, 4.69) is 0 Å². The fraction of sp³-hybridized carbons (Fsp3) is 0.467. The lowest BCUT2D eigenvalue weighted by atomic mass is 9.99. The van der Waals surface area contributed by atoms with Crippen LogP contribution in [0, 0.1) is 5.92 Å². The summed E-state index contributed by atoms with van der Waals surface area (Å²) in [5.41, 5.74) is -0.509. The number of alkyl halides is 3. The molecule has 0 saturated heterocycles. The average Bonchev–Trinajstić information content (AvgIpc) is 3.20. The molecular formula is C15H14F3NO3. The SMILES string of the molecule is O=C(O)CC1c2cc(C(F)(F)F)ccc2C(=O)N1CC1CC1. The molecule has 1 aliphatic heterocycles. The van der Waals surface area contributed by atoms with Gasteiger partial charge in [-0.25, -0.2) is 0 Å². The van der Waals surface area contributed by atoms with Crippen molar-refractivity contribution in [2.45, 2.75) is 31.5 Å². The van der Waals surface area contributed by atoms with Gasteiger partial charge in [-0.3, -0.25) is 9.59 Å². The number of carbonyl (C=O) groups is 2. The number of carboxylic acid groups (broad SMARTS) is 1. The van der Waals surface area contributed by atoms with Crippen molar-refractivity contribution in [3.8, 4) is 0 Å². The summed E-state index contributed by atoms with van der Waals surface area (Å²) >= 11 is 0. The molecule has 4 nitrogen and oxygen atoms in total. The Morgan fingerprint density at radius 1 is 1.32 bits per heavy atom. The first-order valence-electron chi connectivity index (χ1n) is 7.01. The molecule has 3 rings (SSSR count). The van der Waals surface area contributed by atoms with Crippen LogP contribution in [0.25, 0.3) is 0 Å². The smallest absolute Gasteiger partial charge is 0.416 e. The van der Waals surface area contributed by atoms with Crippen molar-refractivity contribution in [3.63, 3.8) is 0 Å². The van der Waals surface area contributed by atoms with Gasteiger partial charge in [0, 0.05) is 12.1 Å². The van der Waals surface area contributed by atoms with Crippen molar-refractivity contribution in [3.05, 3.63) is 34.9 Å². The highest BCUT2D eigenvalue weighted by Gasteiger charge is 2.42. The lowest BCUT2D eigenvalue weighted by Gasteiger charge is -2.24. The first kappa shape index (κ1) is 14.9. The summed E-state index contributed by atoms with van der Waals surface area (Å²) in [5.74, 6) is -1.18. The van der Waals surface area contributed by atoms with Gasteiger partial charge < -0.3 is 10.0 Å². The zero-order valence-electron chi connectivity index (χ0n) is 11.6. The van der Waals surface area contributed by atoms with Gasteiger partial charge in [-0.2, -0.15) is 13.2 Å². The molecule has 1 atom stereocenters. The molecule has 1 unspecified atom stereocenters. The number of hydrogen-bond acceptors (Lipinski definition) is 2. The fourth-order valence-corrected chi connectivity index (χ4v) is 2.85. The quantitative estimate of drug-likeness (QED) is 0.929. The highest BCUT2D eigenvalue weighted by molar-refractivity contribution is 5.99. The van der Waals surface area contributed by atoms with Crippen LogP contribution in [0.1, 0.15) is 46.8 Å². The van der Waals surface area contributed by atoms with E-state index in [1.165, 1.54) is 4.90 Å². The number of halogens is 3. The maximum Gasteiger partial charge on any atom is 0.416 e. The lowest BCUT2D eigenvalue weighted by Crippen LogP contribution is -2.31. The number of aliphatic carboxylic acids is 1. The molecule has 2 aliphatic rings. The van der Waals surface area contributed by atoms with Crippen LogP contribution < -0.4 is 0 Å². The van der Waals surface area contributed by atoms with E-state index in [1.807, 2.05) is 0 Å². The maximum atomic E-state index is 12.8. The number of carboxylic acids is 1. The van der Waals surface area contributed by atoms with Crippen LogP contribution in [0.3, 0.4) is 0 Å². The molecule has 1 saturated carbocycles. The molecule has 0 radical (unpaired) electrons. The van der Waals surface area contributed by atoms with Crippen LogP contribution in [-0.4, -0.2) is 28.4 Å². The minimum absolute atomic E-state index is 0.169. The Kier molecular flexibility index (Phi) is 3.38. The third-order valence-corrected chi connectivity index (χ3v) is 4.13. The second-order valence-corrected chi connectivity index (χ2v) is 5.81. The Balaban J connectivity index is 2.00. The Morgan fingerprint density at radius 2 is 2.00 bits per heavy atom. The Hall–Kier alpha value is -2.05. The Bertz CT molecular complexity index is 637. The molecule has 1 N–H and O–H groups in total. The molecule has 1 aromatic rings. The van der Waals surface area contributed by atoms with Crippen LogP contribution in [0.15, 0.2) is 18.2 Å². The van der Waals surface area contributed by atoms with Crippen molar-refractivity contribution in [1.82, 2.24) is 4.90 Å². The van der Waals surface area contributed by atoms with Gasteiger partial charge >= 0.3 is 12.1 Å². The van der Waals surface area contributed by atoms with E-state index < -0.39 is 23.8 Å². The Morgan fingerprint density at radius 3 is 2.55 bits per heavy atom. The van der Waals surface area contributed by atoms with E-state index >= 15 is 0 Å². The molecule has 0 spiro atoms. The summed E-state index contributed by atoms with van der Waals surface area (Å²) in [4.78, 5) is 24.8. The van der Waals surface area contributed by atoms with Crippen LogP contribution in [-0.2, 0) is 11.0 Å². The van der Waals surface area contributed by atoms with Gasteiger partial charge in [0.05, 0.1) is 18.0 Å². The summed E-state index contributed by atoms with van der Waals surface area (Å²) in [6, 6.07) is 2.12. The van der Waals surface area contributed by atoms with Crippen molar-refractivity contribution in [2.75, 3.05) is 6.54 Å². The third kappa shape index (κ3) is 2.67. The monoisotopic (exact) mass is 313 g/mol. The largest absolute Gasteiger partial charge is 0.481 e. The molecule has 0 aromatic heterocycles. The predicted octanol–water partition coefficient (Wildman–Crippen LogP) is 3.09. The number of carbonyl (C=O) groups excluding carboxylic acids is 1. The van der Waals surface area contributed by atoms with Gasteiger partial charge in [-0.05, 0) is 42.5 Å². The number of amides is 1. The molecule has 118 valence electrons. The van der Waals surface area contributed by atoms with Gasteiger partial charge in [0.25, 0.3) is 5.91 Å². The summed E-state index contributed by atoms with van der Waals surface area (Å²) in [5, 5.41) is 9.02. The van der Waals surface area contributed by atoms with E-state index in [9.17, 15) is 22.8 Å². The molecule has 1 amide bonds. The van der Waals surface area contributed by atoms with Gasteiger partial charge in [0.15, 0.2) is 0 Å². The zero-order chi connectivity index (χ0) is 16.1.